The van der Waals surface area contributed by atoms with Gasteiger partial charge in [-0.05, 0) is 83.5 Å². The van der Waals surface area contributed by atoms with Crippen LogP contribution in [0.4, 0.5) is 0 Å². The molecule has 478 valence electrons. The van der Waals surface area contributed by atoms with Crippen LogP contribution < -0.4 is 0 Å². The third-order valence-corrected chi connectivity index (χ3v) is 15.6. The average molecular weight is 1160 g/mol. The number of hydrogen-bond donors (Lipinski definition) is 0. The molecule has 0 amide bonds. The van der Waals surface area contributed by atoms with Gasteiger partial charge >= 0.3 is 17.9 Å². The molecule has 0 saturated heterocycles. The van der Waals surface area contributed by atoms with E-state index in [1.54, 1.807) is 6.08 Å². The van der Waals surface area contributed by atoms with E-state index in [2.05, 4.69) is 106 Å². The van der Waals surface area contributed by atoms with Gasteiger partial charge in [0.15, 0.2) is 6.10 Å². The predicted molar refractivity (Wildman–Crippen MR) is 362 cm³/mol. The Bertz CT molecular complexity index is 1610. The maximum Gasteiger partial charge on any atom is 0.309 e. The van der Waals surface area contributed by atoms with Crippen molar-refractivity contribution in [2.75, 3.05) is 13.2 Å². The maximum atomic E-state index is 12.9. The molecule has 0 fully saturated rings. The summed E-state index contributed by atoms with van der Waals surface area (Å²) in [5.41, 5.74) is 0. The Balaban J connectivity index is 4.35. The molecule has 0 radical (unpaired) electrons. The Morgan fingerprint density at radius 1 is 0.265 bits per heavy atom. The summed E-state index contributed by atoms with van der Waals surface area (Å²) in [6.07, 6.45) is 96.1. The maximum absolute atomic E-state index is 12.9. The topological polar surface area (TPSA) is 78.9 Å². The summed E-state index contributed by atoms with van der Waals surface area (Å²) < 4.78 is 16.9. The van der Waals surface area contributed by atoms with E-state index in [1.807, 2.05) is 6.08 Å². The van der Waals surface area contributed by atoms with Gasteiger partial charge in [-0.3, -0.25) is 14.4 Å². The van der Waals surface area contributed by atoms with Gasteiger partial charge in [0.05, 0.1) is 6.42 Å². The molecule has 0 aromatic heterocycles. The first kappa shape index (κ1) is 79.3. The molecule has 83 heavy (non-hydrogen) atoms. The van der Waals surface area contributed by atoms with E-state index in [-0.39, 0.29) is 31.6 Å². The molecule has 0 aliphatic rings. The van der Waals surface area contributed by atoms with Crippen LogP contribution in [0.2, 0.25) is 0 Å². The first-order chi connectivity index (χ1) is 41.0. The van der Waals surface area contributed by atoms with Crippen molar-refractivity contribution in [3.8, 4) is 0 Å². The Hall–Kier alpha value is -3.67. The molecular formula is C77H134O6. The lowest BCUT2D eigenvalue weighted by Crippen LogP contribution is -2.30. The normalized spacial score (nSPS) is 12.7. The first-order valence-corrected chi connectivity index (χ1v) is 35.7. The summed E-state index contributed by atoms with van der Waals surface area (Å²) in [5.74, 6) is -1.03. The zero-order chi connectivity index (χ0) is 59.9. The van der Waals surface area contributed by atoms with E-state index in [1.165, 1.54) is 225 Å². The molecule has 0 N–H and O–H groups in total. The van der Waals surface area contributed by atoms with Gasteiger partial charge in [-0.25, -0.2) is 0 Å². The molecular weight excluding hydrogens is 1020 g/mol. The number of allylic oxidation sites excluding steroid dienone is 15. The fourth-order valence-electron chi connectivity index (χ4n) is 10.3. The molecule has 6 nitrogen and oxygen atoms in total. The minimum Gasteiger partial charge on any atom is -0.462 e. The van der Waals surface area contributed by atoms with Crippen LogP contribution in [0.3, 0.4) is 0 Å². The van der Waals surface area contributed by atoms with Crippen molar-refractivity contribution < 1.29 is 28.6 Å². The van der Waals surface area contributed by atoms with Gasteiger partial charge in [0.1, 0.15) is 13.2 Å². The van der Waals surface area contributed by atoms with Crippen LogP contribution in [0.15, 0.2) is 97.2 Å². The molecule has 0 spiro atoms. The second-order valence-corrected chi connectivity index (χ2v) is 23.8. The fraction of sp³-hybridized carbons (Fsp3) is 0.753. The average Bonchev–Trinajstić information content (AvgIpc) is 3.49. The number of unbranched alkanes of at least 4 members (excludes halogenated alkanes) is 39. The molecule has 0 rings (SSSR count). The Kier molecular flexibility index (Phi) is 67.7. The van der Waals surface area contributed by atoms with Gasteiger partial charge in [-0.1, -0.05) is 349 Å². The lowest BCUT2D eigenvalue weighted by atomic mass is 10.0. The van der Waals surface area contributed by atoms with Crippen LogP contribution >= 0.6 is 0 Å². The zero-order valence-corrected chi connectivity index (χ0v) is 54.9. The summed E-state index contributed by atoms with van der Waals surface area (Å²) in [6.45, 7) is 6.47. The highest BCUT2D eigenvalue weighted by atomic mass is 16.6. The van der Waals surface area contributed by atoms with E-state index in [4.69, 9.17) is 14.2 Å². The molecule has 1 unspecified atom stereocenters. The second-order valence-electron chi connectivity index (χ2n) is 23.8. The molecule has 0 bridgehead atoms. The number of carbonyl (C=O) groups is 3. The lowest BCUT2D eigenvalue weighted by Gasteiger charge is -2.18. The molecule has 0 aromatic rings. The first-order valence-electron chi connectivity index (χ1n) is 35.7. The largest absolute Gasteiger partial charge is 0.462 e. The number of hydrogen-bond acceptors (Lipinski definition) is 6. The van der Waals surface area contributed by atoms with Crippen molar-refractivity contribution in [2.24, 2.45) is 0 Å². The quantitative estimate of drug-likeness (QED) is 0.0261. The lowest BCUT2D eigenvalue weighted by molar-refractivity contribution is -0.166. The van der Waals surface area contributed by atoms with E-state index < -0.39 is 12.1 Å². The van der Waals surface area contributed by atoms with Gasteiger partial charge in [-0.2, -0.15) is 0 Å². The zero-order valence-electron chi connectivity index (χ0n) is 54.9. The van der Waals surface area contributed by atoms with Gasteiger partial charge in [0.2, 0.25) is 0 Å². The third kappa shape index (κ3) is 69.0. The van der Waals surface area contributed by atoms with Crippen molar-refractivity contribution in [2.45, 2.75) is 361 Å². The minimum atomic E-state index is -0.823. The molecule has 0 heterocycles. The summed E-state index contributed by atoms with van der Waals surface area (Å²) >= 11 is 0. The molecule has 0 aromatic carbocycles. The van der Waals surface area contributed by atoms with Crippen molar-refractivity contribution in [3.63, 3.8) is 0 Å². The number of esters is 3. The van der Waals surface area contributed by atoms with E-state index in [0.29, 0.717) is 12.8 Å². The summed E-state index contributed by atoms with van der Waals surface area (Å²) in [6, 6.07) is 0. The fourth-order valence-corrected chi connectivity index (χ4v) is 10.3. The van der Waals surface area contributed by atoms with Crippen LogP contribution in [0.25, 0.3) is 0 Å². The monoisotopic (exact) mass is 1160 g/mol. The third-order valence-electron chi connectivity index (χ3n) is 15.6. The van der Waals surface area contributed by atoms with E-state index >= 15 is 0 Å². The van der Waals surface area contributed by atoms with Crippen LogP contribution in [0.5, 0.6) is 0 Å². The highest BCUT2D eigenvalue weighted by molar-refractivity contribution is 5.72. The predicted octanol–water partition coefficient (Wildman–Crippen LogP) is 24.8. The summed E-state index contributed by atoms with van der Waals surface area (Å²) in [4.78, 5) is 38.4. The molecule has 1 atom stereocenters. The second kappa shape index (κ2) is 70.8. The standard InChI is InChI=1S/C77H134O6/c1-4-7-10-13-16-19-22-25-28-30-32-34-36-37-38-39-41-42-44-46-49-52-55-58-61-64-67-70-76(79)82-73-74(72-81-75(78)69-66-63-60-57-54-51-48-27-24-21-18-15-12-9-6-3)83-77(80)71-68-65-62-59-56-53-50-47-45-43-40-35-33-31-29-26-23-20-17-14-11-8-5-2/h9,12,18,21,23,26-27,31,33,40,43,48,54,57,63,66,74H,4-8,10-11,13-17,19-20,22,24-25,28-30,32,34-39,41-42,44-47,49-53,55-56,58-62,64-65,67-73H2,1-3H3/b12-9-,21-18-,26-23-,33-31-,43-40-,48-27-,57-54-,66-63-. The highest BCUT2D eigenvalue weighted by Gasteiger charge is 2.19. The molecule has 0 aliphatic heterocycles. The Morgan fingerprint density at radius 2 is 0.518 bits per heavy atom. The van der Waals surface area contributed by atoms with Crippen LogP contribution in [0, 0.1) is 0 Å². The van der Waals surface area contributed by atoms with E-state index in [0.717, 1.165) is 89.9 Å². The van der Waals surface area contributed by atoms with Gasteiger partial charge in [0.25, 0.3) is 0 Å². The molecule has 0 saturated carbocycles. The Labute approximate surface area is 515 Å². The van der Waals surface area contributed by atoms with Crippen molar-refractivity contribution in [1.82, 2.24) is 0 Å². The van der Waals surface area contributed by atoms with Crippen molar-refractivity contribution in [3.05, 3.63) is 97.2 Å². The van der Waals surface area contributed by atoms with Crippen LogP contribution in [-0.4, -0.2) is 37.2 Å². The van der Waals surface area contributed by atoms with Crippen molar-refractivity contribution in [1.29, 1.82) is 0 Å². The minimum absolute atomic E-state index is 0.108. The SMILES string of the molecule is CC/C=C\C/C=C\C/C=C\C/C=C\C/C=C\CC(=O)OCC(COC(=O)CCCCCCCCCCCCCCCCCCCCCCCCCCCCC)OC(=O)CCCCCCCCCC/C=C\C/C=C\C/C=C\CCCCCCC. The number of ether oxygens (including phenoxy) is 3. The Morgan fingerprint density at radius 3 is 0.843 bits per heavy atom. The van der Waals surface area contributed by atoms with Gasteiger partial charge < -0.3 is 14.2 Å². The molecule has 0 aliphatic carbocycles. The summed E-state index contributed by atoms with van der Waals surface area (Å²) in [7, 11) is 0. The van der Waals surface area contributed by atoms with Gasteiger partial charge in [0, 0.05) is 12.8 Å². The number of carbonyl (C=O) groups excluding carboxylic acids is 3. The van der Waals surface area contributed by atoms with Crippen molar-refractivity contribution >= 4 is 17.9 Å². The summed E-state index contributed by atoms with van der Waals surface area (Å²) in [5, 5.41) is 0. The van der Waals surface area contributed by atoms with Crippen LogP contribution in [-0.2, 0) is 28.6 Å². The smallest absolute Gasteiger partial charge is 0.309 e. The van der Waals surface area contributed by atoms with E-state index in [9.17, 15) is 14.4 Å². The molecule has 6 heteroatoms. The highest BCUT2D eigenvalue weighted by Crippen LogP contribution is 2.18. The van der Waals surface area contributed by atoms with Gasteiger partial charge in [-0.15, -0.1) is 0 Å². The number of rotatable bonds is 65. The van der Waals surface area contributed by atoms with Crippen LogP contribution in [0.1, 0.15) is 355 Å².